The van der Waals surface area contributed by atoms with Crippen molar-refractivity contribution in [2.75, 3.05) is 0 Å². The number of hydrogen-bond donors (Lipinski definition) is 0. The molecule has 2 aromatic heterocycles. The molecule has 2 nitrogen and oxygen atoms in total. The van der Waals surface area contributed by atoms with Gasteiger partial charge in [0.2, 0.25) is 0 Å². The minimum Gasteiger partial charge on any atom is -0.311 e. The van der Waals surface area contributed by atoms with Gasteiger partial charge in [0.1, 0.15) is 54.9 Å². The number of fused-ring (bicyclic) bond motifs is 7. The number of hydrogen-bond acceptors (Lipinski definition) is 0. The van der Waals surface area contributed by atoms with Crippen molar-refractivity contribution in [3.63, 3.8) is 0 Å². The quantitative estimate of drug-likeness (QED) is 0.156. The lowest BCUT2D eigenvalue weighted by Gasteiger charge is -2.19. The van der Waals surface area contributed by atoms with Gasteiger partial charge in [-0.05, 0) is 109 Å². The molecule has 0 spiro atoms. The van der Waals surface area contributed by atoms with Crippen LogP contribution in [0.25, 0.3) is 110 Å². The van der Waals surface area contributed by atoms with Crippen molar-refractivity contribution in [3.8, 4) is 55.9 Å². The lowest BCUT2D eigenvalue weighted by atomic mass is 9.64. The third kappa shape index (κ3) is 6.35. The Morgan fingerprint density at radius 3 is 1.49 bits per heavy atom. The highest BCUT2D eigenvalue weighted by Gasteiger charge is 2.25. The third-order valence-corrected chi connectivity index (χ3v) is 13.5. The highest BCUT2D eigenvalue weighted by Crippen LogP contribution is 2.41. The van der Waals surface area contributed by atoms with Gasteiger partial charge in [0, 0.05) is 38.6 Å². The van der Waals surface area contributed by atoms with Crippen molar-refractivity contribution in [3.05, 3.63) is 188 Å². The summed E-state index contributed by atoms with van der Waals surface area (Å²) in [4.78, 5) is 0. The Balaban J connectivity index is 1.15. The molecule has 0 unspecified atom stereocenters. The molecule has 9 heteroatoms. The first-order chi connectivity index (χ1) is 32.7. The normalized spacial score (nSPS) is 11.7. The average molecular weight is 832 g/mol. The van der Waals surface area contributed by atoms with Gasteiger partial charge >= 0.3 is 0 Å². The van der Waals surface area contributed by atoms with Gasteiger partial charge in [-0.25, -0.2) is 0 Å². The maximum atomic E-state index is 7.48. The van der Waals surface area contributed by atoms with E-state index < -0.39 is 0 Å². The van der Waals surface area contributed by atoms with Crippen molar-refractivity contribution in [2.24, 2.45) is 0 Å². The van der Waals surface area contributed by atoms with E-state index in [2.05, 4.69) is 156 Å². The standard InChI is InChI=1S/C58H31B7N2/c59-50-46(51(60)55(64)57-48(50)49-52(61)53(62)54(63)56(65)58(49)67(57)41-21-10-19-37(30-41)33-14-5-2-6-15-33)39-26-27-44-43(31-39)47-42(38-25-24-34-16-7-8-17-35(34)28-38)22-11-23-45(47)66(44)40-20-9-18-36(29-40)32-12-3-1-4-13-32/h1-31H. The predicted octanol–water partition coefficient (Wildman–Crippen LogP) is 7.26. The van der Waals surface area contributed by atoms with E-state index in [9.17, 15) is 0 Å². The lowest BCUT2D eigenvalue weighted by Crippen LogP contribution is -2.48. The van der Waals surface area contributed by atoms with Crippen LogP contribution in [0, 0.1) is 0 Å². The SMILES string of the molecule is [B]c1c([B])c([B])c2c(c1[B])c1c([B])c(-c3ccc4c(c3)c3c(-c5ccc6ccccc6c5)cccc3n4-c3cccc(-c4ccccc4)c3)c([B])c([B])c1n2-c1cccc(-c2ccccc2)c1. The van der Waals surface area contributed by atoms with Crippen LogP contribution < -0.4 is 38.2 Å². The van der Waals surface area contributed by atoms with Crippen LogP contribution in [0.2, 0.25) is 0 Å². The van der Waals surface area contributed by atoms with Crippen LogP contribution >= 0.6 is 0 Å². The summed E-state index contributed by atoms with van der Waals surface area (Å²) in [7, 11) is 49.1. The smallest absolute Gasteiger partial charge is 0.115 e. The fourth-order valence-corrected chi connectivity index (χ4v) is 10.3. The molecule has 12 aromatic rings. The second-order valence-corrected chi connectivity index (χ2v) is 17.2. The van der Waals surface area contributed by atoms with Crippen LogP contribution in [0.4, 0.5) is 0 Å². The Morgan fingerprint density at radius 1 is 0.284 bits per heavy atom. The fraction of sp³-hybridized carbons (Fsp3) is 0. The zero-order chi connectivity index (χ0) is 45.7. The lowest BCUT2D eigenvalue weighted by molar-refractivity contribution is 1.18. The number of benzene rings is 10. The Kier molecular flexibility index (Phi) is 9.69. The molecule has 0 N–H and O–H groups in total. The second kappa shape index (κ2) is 15.8. The summed E-state index contributed by atoms with van der Waals surface area (Å²) in [5.41, 5.74) is 14.7. The number of aromatic nitrogens is 2. The van der Waals surface area contributed by atoms with E-state index in [4.69, 9.17) is 54.9 Å². The Labute approximate surface area is 398 Å². The summed E-state index contributed by atoms with van der Waals surface area (Å²) in [6, 6.07) is 65.3. The van der Waals surface area contributed by atoms with Crippen LogP contribution in [0.1, 0.15) is 0 Å². The average Bonchev–Trinajstić information content (AvgIpc) is 3.92. The van der Waals surface area contributed by atoms with Gasteiger partial charge < -0.3 is 9.13 Å². The molecule has 0 aliphatic heterocycles. The third-order valence-electron chi connectivity index (χ3n) is 13.5. The molecule has 0 aliphatic rings. The van der Waals surface area contributed by atoms with Gasteiger partial charge in [0.15, 0.2) is 0 Å². The Morgan fingerprint density at radius 2 is 0.821 bits per heavy atom. The first-order valence-electron chi connectivity index (χ1n) is 22.1. The van der Waals surface area contributed by atoms with Gasteiger partial charge in [-0.2, -0.15) is 0 Å². The molecule has 0 saturated carbocycles. The highest BCUT2D eigenvalue weighted by atomic mass is 15.0. The first kappa shape index (κ1) is 41.0. The molecule has 10 aromatic carbocycles. The van der Waals surface area contributed by atoms with Crippen molar-refractivity contribution < 1.29 is 0 Å². The fourth-order valence-electron chi connectivity index (χ4n) is 10.3. The van der Waals surface area contributed by atoms with Crippen LogP contribution in [-0.4, -0.2) is 64.1 Å². The molecule has 0 amide bonds. The molecule has 0 bridgehead atoms. The van der Waals surface area contributed by atoms with E-state index in [-0.39, 0.29) is 21.9 Å². The molecule has 294 valence electrons. The maximum absolute atomic E-state index is 7.48. The molecule has 0 aliphatic carbocycles. The Hall–Kier alpha value is -7.49. The molecule has 2 heterocycles. The molecule has 67 heavy (non-hydrogen) atoms. The first-order valence-corrected chi connectivity index (χ1v) is 22.1. The monoisotopic (exact) mass is 832 g/mol. The van der Waals surface area contributed by atoms with Gasteiger partial charge in [-0.3, -0.25) is 0 Å². The molecule has 0 fully saturated rings. The van der Waals surface area contributed by atoms with E-state index in [0.29, 0.717) is 43.8 Å². The number of rotatable bonds is 6. The zero-order valence-electron chi connectivity index (χ0n) is 36.3. The van der Waals surface area contributed by atoms with Gasteiger partial charge in [0.25, 0.3) is 0 Å². The second-order valence-electron chi connectivity index (χ2n) is 17.2. The summed E-state index contributed by atoms with van der Waals surface area (Å²) < 4.78 is 4.30. The van der Waals surface area contributed by atoms with Crippen LogP contribution in [0.15, 0.2) is 188 Å². The van der Waals surface area contributed by atoms with E-state index in [0.717, 1.165) is 77.5 Å². The van der Waals surface area contributed by atoms with E-state index >= 15 is 0 Å². The molecule has 14 radical (unpaired) electrons. The summed E-state index contributed by atoms with van der Waals surface area (Å²) in [6.07, 6.45) is 0. The van der Waals surface area contributed by atoms with E-state index in [1.54, 1.807) is 0 Å². The van der Waals surface area contributed by atoms with Gasteiger partial charge in [-0.1, -0.05) is 167 Å². The van der Waals surface area contributed by atoms with Gasteiger partial charge in [-0.15, -0.1) is 10.9 Å². The highest BCUT2D eigenvalue weighted by molar-refractivity contribution is 6.69. The topological polar surface area (TPSA) is 9.86 Å². The van der Waals surface area contributed by atoms with Crippen LogP contribution in [0.3, 0.4) is 0 Å². The van der Waals surface area contributed by atoms with Crippen molar-refractivity contribution in [1.82, 2.24) is 9.13 Å². The predicted molar refractivity (Wildman–Crippen MR) is 292 cm³/mol. The van der Waals surface area contributed by atoms with Gasteiger partial charge in [0.05, 0.1) is 11.0 Å². The molecule has 12 rings (SSSR count). The van der Waals surface area contributed by atoms with Crippen LogP contribution in [-0.2, 0) is 0 Å². The minimum absolute atomic E-state index is 0.171. The molecular formula is C58H31B7N2. The summed E-state index contributed by atoms with van der Waals surface area (Å²) in [5.74, 6) is 0. The summed E-state index contributed by atoms with van der Waals surface area (Å²) >= 11 is 0. The largest absolute Gasteiger partial charge is 0.311 e. The summed E-state index contributed by atoms with van der Waals surface area (Å²) in [5, 5.41) is 5.56. The van der Waals surface area contributed by atoms with E-state index in [1.165, 1.54) is 5.39 Å². The van der Waals surface area contributed by atoms with Crippen molar-refractivity contribution >= 4 is 148 Å². The molecular weight excluding hydrogens is 800 g/mol. The Bertz CT molecular complexity index is 4000. The van der Waals surface area contributed by atoms with Crippen molar-refractivity contribution in [1.29, 1.82) is 0 Å². The van der Waals surface area contributed by atoms with E-state index in [1.807, 2.05) is 41.0 Å². The molecule has 0 saturated heterocycles. The summed E-state index contributed by atoms with van der Waals surface area (Å²) in [6.45, 7) is 0. The maximum Gasteiger partial charge on any atom is 0.115 e. The number of nitrogens with zero attached hydrogens (tertiary/aromatic N) is 2. The zero-order valence-corrected chi connectivity index (χ0v) is 36.3. The minimum atomic E-state index is 0.171. The van der Waals surface area contributed by atoms with Crippen molar-refractivity contribution in [2.45, 2.75) is 0 Å². The molecule has 0 atom stereocenters. The van der Waals surface area contributed by atoms with Crippen LogP contribution in [0.5, 0.6) is 0 Å².